The summed E-state index contributed by atoms with van der Waals surface area (Å²) >= 11 is 0. The van der Waals surface area contributed by atoms with Crippen LogP contribution in [0.1, 0.15) is 11.1 Å². The van der Waals surface area contributed by atoms with E-state index in [4.69, 9.17) is 9.97 Å². The first-order chi connectivity index (χ1) is 28.3. The van der Waals surface area contributed by atoms with E-state index in [0.29, 0.717) is 5.95 Å². The zero-order chi connectivity index (χ0) is 37.5. The van der Waals surface area contributed by atoms with Crippen LogP contribution in [0.25, 0.3) is 72.5 Å². The molecule has 8 aromatic carbocycles. The van der Waals surface area contributed by atoms with Crippen LogP contribution in [-0.2, 0) is 6.42 Å². The van der Waals surface area contributed by atoms with Crippen molar-refractivity contribution in [2.45, 2.75) is 6.42 Å². The highest BCUT2D eigenvalue weighted by Gasteiger charge is 2.48. The van der Waals surface area contributed by atoms with Crippen molar-refractivity contribution >= 4 is 50.6 Å². The van der Waals surface area contributed by atoms with Crippen LogP contribution in [0.4, 0.5) is 0 Å². The van der Waals surface area contributed by atoms with Gasteiger partial charge in [-0.15, -0.1) is 0 Å². The fourth-order valence-electron chi connectivity index (χ4n) is 9.99. The lowest BCUT2D eigenvalue weighted by Gasteiger charge is -2.31. The van der Waals surface area contributed by atoms with Crippen molar-refractivity contribution in [3.05, 3.63) is 211 Å². The lowest BCUT2D eigenvalue weighted by Crippen LogP contribution is -2.72. The fourth-order valence-corrected chi connectivity index (χ4v) is 15.2. The molecule has 266 valence electrons. The van der Waals surface area contributed by atoms with E-state index in [1.54, 1.807) is 0 Å². The topological polar surface area (TPSA) is 30.7 Å². The molecule has 0 atom stereocenters. The van der Waals surface area contributed by atoms with Gasteiger partial charge in [-0.2, -0.15) is 0 Å². The zero-order valence-electron chi connectivity index (χ0n) is 31.1. The minimum atomic E-state index is -2.64. The molecule has 10 aromatic rings. The van der Waals surface area contributed by atoms with Gasteiger partial charge in [0.25, 0.3) is 0 Å². The molecule has 1 aliphatic heterocycles. The number of hydrogen-bond donors (Lipinski definition) is 0. The molecule has 0 N–H and O–H groups in total. The van der Waals surface area contributed by atoms with Crippen molar-refractivity contribution in [3.8, 4) is 50.7 Å². The van der Waals surface area contributed by atoms with E-state index in [0.717, 1.165) is 34.4 Å². The van der Waals surface area contributed by atoms with Gasteiger partial charge in [-0.25, -0.2) is 9.97 Å². The Morgan fingerprint density at radius 1 is 0.386 bits per heavy atom. The molecule has 3 heterocycles. The lowest BCUT2D eigenvalue weighted by molar-refractivity contribution is 0.985. The van der Waals surface area contributed by atoms with E-state index in [1.165, 1.54) is 70.5 Å². The van der Waals surface area contributed by atoms with Gasteiger partial charge >= 0.3 is 0 Å². The first-order valence-electron chi connectivity index (χ1n) is 19.7. The second-order valence-corrected chi connectivity index (χ2v) is 19.0. The number of aromatic nitrogens is 3. The molecule has 57 heavy (non-hydrogen) atoms. The highest BCUT2D eigenvalue weighted by atomic mass is 28.3. The highest BCUT2D eigenvalue weighted by molar-refractivity contribution is 7.22. The summed E-state index contributed by atoms with van der Waals surface area (Å²) < 4.78 is 2.24. The van der Waals surface area contributed by atoms with Crippen LogP contribution >= 0.6 is 0 Å². The second-order valence-electron chi connectivity index (χ2n) is 15.2. The average Bonchev–Trinajstić information content (AvgIpc) is 3.93. The van der Waals surface area contributed by atoms with Gasteiger partial charge in [0, 0.05) is 33.9 Å². The van der Waals surface area contributed by atoms with Gasteiger partial charge in [-0.05, 0) is 60.7 Å². The van der Waals surface area contributed by atoms with Gasteiger partial charge in [-0.3, -0.25) is 4.57 Å². The number of benzene rings is 8. The summed E-state index contributed by atoms with van der Waals surface area (Å²) in [4.78, 5) is 11.0. The van der Waals surface area contributed by atoms with E-state index in [1.807, 2.05) is 0 Å². The quantitative estimate of drug-likeness (QED) is 0.165. The maximum Gasteiger partial charge on any atom is 0.235 e. The smallest absolute Gasteiger partial charge is 0.235 e. The van der Waals surface area contributed by atoms with Crippen LogP contribution in [0.15, 0.2) is 200 Å². The van der Waals surface area contributed by atoms with Crippen LogP contribution < -0.4 is 20.7 Å². The van der Waals surface area contributed by atoms with Crippen LogP contribution in [-0.4, -0.2) is 22.6 Å². The average molecular weight is 742 g/mol. The fraction of sp³-hybridized carbons (Fsp3) is 0.0189. The second kappa shape index (κ2) is 12.4. The first kappa shape index (κ1) is 32.1. The van der Waals surface area contributed by atoms with E-state index in [9.17, 15) is 0 Å². The molecule has 3 nitrogen and oxygen atoms in total. The molecule has 2 aliphatic rings. The largest absolute Gasteiger partial charge is 0.278 e. The Morgan fingerprint density at radius 2 is 0.930 bits per heavy atom. The standard InChI is InChI=1S/C53H35N3Si/c1-4-17-35(18-5-1)51-46-34-45-39(26-16-27-44(45)52(46)55-53(54-51)56-47-28-13-10-23-40(47)41-24-11-14-29-48(41)56)36-31-32-43-42-25-12-15-30-49(42)57(50(43)33-36,37-19-6-2-7-20-37)38-21-8-3-9-22-38/h1-33H,34H2. The van der Waals surface area contributed by atoms with Crippen molar-refractivity contribution in [1.29, 1.82) is 0 Å². The summed E-state index contributed by atoms with van der Waals surface area (Å²) in [7, 11) is -2.64. The zero-order valence-corrected chi connectivity index (χ0v) is 32.1. The first-order valence-corrected chi connectivity index (χ1v) is 21.7. The molecule has 0 bridgehead atoms. The summed E-state index contributed by atoms with van der Waals surface area (Å²) in [6.45, 7) is 0. The summed E-state index contributed by atoms with van der Waals surface area (Å²) in [5, 5.41) is 8.12. The van der Waals surface area contributed by atoms with Crippen LogP contribution in [0, 0.1) is 0 Å². The summed E-state index contributed by atoms with van der Waals surface area (Å²) in [6.07, 6.45) is 0.760. The van der Waals surface area contributed by atoms with Crippen molar-refractivity contribution in [3.63, 3.8) is 0 Å². The predicted molar refractivity (Wildman–Crippen MR) is 238 cm³/mol. The summed E-state index contributed by atoms with van der Waals surface area (Å²) in [6, 6.07) is 73.5. The molecule has 12 rings (SSSR count). The predicted octanol–water partition coefficient (Wildman–Crippen LogP) is 9.84. The highest BCUT2D eigenvalue weighted by Crippen LogP contribution is 2.45. The third kappa shape index (κ3) is 4.59. The Kier molecular flexibility index (Phi) is 7.01. The molecule has 0 amide bonds. The molecular weight excluding hydrogens is 707 g/mol. The Labute approximate surface area is 332 Å². The molecule has 4 heteroatoms. The van der Waals surface area contributed by atoms with Crippen LogP contribution in [0.2, 0.25) is 0 Å². The molecule has 0 spiro atoms. The summed E-state index contributed by atoms with van der Waals surface area (Å²) in [5.74, 6) is 0.694. The SMILES string of the molecule is c1ccc(-c2nc(-n3c4ccccc4c4ccccc43)nc3c2Cc2c(-c4ccc5c(c4)[Si](c4ccccc4)(c4ccccc4)c4ccccc4-5)cccc2-3)cc1. The number of hydrogen-bond acceptors (Lipinski definition) is 2. The molecule has 0 unspecified atom stereocenters. The van der Waals surface area contributed by atoms with Gasteiger partial charge in [0.05, 0.1) is 22.4 Å². The summed E-state index contributed by atoms with van der Waals surface area (Å²) in [5.41, 5.74) is 14.2. The molecule has 2 aromatic heterocycles. The van der Waals surface area contributed by atoms with Crippen molar-refractivity contribution in [2.24, 2.45) is 0 Å². The maximum atomic E-state index is 5.50. The number of nitrogens with zero attached hydrogens (tertiary/aromatic N) is 3. The van der Waals surface area contributed by atoms with Gasteiger partial charge in [0.15, 0.2) is 8.07 Å². The Bertz CT molecular complexity index is 3110. The minimum Gasteiger partial charge on any atom is -0.278 e. The monoisotopic (exact) mass is 741 g/mol. The van der Waals surface area contributed by atoms with Crippen molar-refractivity contribution in [1.82, 2.24) is 14.5 Å². The molecule has 0 saturated heterocycles. The Hall–Kier alpha value is -7.14. The van der Waals surface area contributed by atoms with Crippen molar-refractivity contribution in [2.75, 3.05) is 0 Å². The van der Waals surface area contributed by atoms with Crippen LogP contribution in [0.5, 0.6) is 0 Å². The van der Waals surface area contributed by atoms with Crippen molar-refractivity contribution < 1.29 is 0 Å². The van der Waals surface area contributed by atoms with Gasteiger partial charge in [0.2, 0.25) is 5.95 Å². The van der Waals surface area contributed by atoms with Gasteiger partial charge < -0.3 is 0 Å². The maximum absolute atomic E-state index is 5.50. The van der Waals surface area contributed by atoms with E-state index in [-0.39, 0.29) is 0 Å². The van der Waals surface area contributed by atoms with Gasteiger partial charge in [-0.1, -0.05) is 188 Å². The van der Waals surface area contributed by atoms with E-state index in [2.05, 4.69) is 205 Å². The Balaban J connectivity index is 1.09. The third-order valence-electron chi connectivity index (χ3n) is 12.4. The van der Waals surface area contributed by atoms with E-state index < -0.39 is 8.07 Å². The van der Waals surface area contributed by atoms with Crippen LogP contribution in [0.3, 0.4) is 0 Å². The third-order valence-corrected chi connectivity index (χ3v) is 17.2. The molecule has 1 aliphatic carbocycles. The number of fused-ring (bicyclic) bond motifs is 9. The number of para-hydroxylation sites is 2. The normalized spacial score (nSPS) is 13.3. The molecule has 0 fully saturated rings. The number of rotatable bonds is 5. The minimum absolute atomic E-state index is 0.694. The molecular formula is C53H35N3Si. The lowest BCUT2D eigenvalue weighted by atomic mass is 9.94. The van der Waals surface area contributed by atoms with E-state index >= 15 is 0 Å². The molecule has 0 radical (unpaired) electrons. The Morgan fingerprint density at radius 3 is 1.63 bits per heavy atom. The van der Waals surface area contributed by atoms with Gasteiger partial charge in [0.1, 0.15) is 0 Å². The molecule has 0 saturated carbocycles.